The van der Waals surface area contributed by atoms with E-state index in [-0.39, 0.29) is 0 Å². The summed E-state index contributed by atoms with van der Waals surface area (Å²) in [5.74, 6) is 2.21. The summed E-state index contributed by atoms with van der Waals surface area (Å²) in [6, 6.07) is 8.77. The van der Waals surface area contributed by atoms with E-state index < -0.39 is 0 Å². The van der Waals surface area contributed by atoms with E-state index >= 15 is 0 Å². The molecule has 2 rings (SSSR count). The highest BCUT2D eigenvalue weighted by Crippen LogP contribution is 2.36. The molecule has 1 aromatic rings. The van der Waals surface area contributed by atoms with E-state index in [4.69, 9.17) is 4.99 Å². The zero-order valence-corrected chi connectivity index (χ0v) is 17.1. The third kappa shape index (κ3) is 6.90. The molecule has 25 heavy (non-hydrogen) atoms. The Balaban J connectivity index is 1.94. The topological polar surface area (TPSA) is 39.7 Å². The van der Waals surface area contributed by atoms with E-state index in [0.717, 1.165) is 32.1 Å². The molecule has 0 aromatic heterocycles. The molecule has 140 valence electrons. The summed E-state index contributed by atoms with van der Waals surface area (Å²) in [4.78, 5) is 7.10. The van der Waals surface area contributed by atoms with Crippen LogP contribution >= 0.6 is 11.8 Å². The predicted molar refractivity (Wildman–Crippen MR) is 111 cm³/mol. The monoisotopic (exact) mass is 362 g/mol. The molecule has 0 radical (unpaired) electrons. The number of guanidine groups is 1. The first-order valence-electron chi connectivity index (χ1n) is 9.47. The van der Waals surface area contributed by atoms with Crippen LogP contribution in [0.15, 0.2) is 29.3 Å². The lowest BCUT2D eigenvalue weighted by Crippen LogP contribution is -2.43. The third-order valence-electron chi connectivity index (χ3n) is 4.68. The standard InChI is InChI=1S/C20H34N4S/c1-5-21-19(23-16-20(3)11-8-12-25-20)22-14-17-9-7-10-18(13-17)15-24(4)6-2/h7,9-10,13H,5-6,8,11-12,14-16H2,1-4H3,(H2,21,22,23). The lowest BCUT2D eigenvalue weighted by Gasteiger charge is -2.24. The van der Waals surface area contributed by atoms with Crippen molar-refractivity contribution in [2.24, 2.45) is 4.99 Å². The maximum Gasteiger partial charge on any atom is 0.191 e. The molecule has 0 saturated carbocycles. The minimum atomic E-state index is 0.348. The first kappa shape index (κ1) is 20.1. The van der Waals surface area contributed by atoms with Crippen LogP contribution in [0, 0.1) is 0 Å². The van der Waals surface area contributed by atoms with E-state index in [1.54, 1.807) is 0 Å². The number of rotatable bonds is 8. The lowest BCUT2D eigenvalue weighted by atomic mass is 10.1. The van der Waals surface area contributed by atoms with E-state index in [1.807, 2.05) is 0 Å². The fourth-order valence-corrected chi connectivity index (χ4v) is 4.25. The molecule has 1 saturated heterocycles. The number of nitrogens with one attached hydrogen (secondary N) is 2. The van der Waals surface area contributed by atoms with Crippen molar-refractivity contribution in [1.29, 1.82) is 0 Å². The number of hydrogen-bond donors (Lipinski definition) is 2. The highest BCUT2D eigenvalue weighted by Gasteiger charge is 2.29. The summed E-state index contributed by atoms with van der Waals surface area (Å²) in [5.41, 5.74) is 2.62. The van der Waals surface area contributed by atoms with Gasteiger partial charge in [-0.3, -0.25) is 0 Å². The Morgan fingerprint density at radius 1 is 1.28 bits per heavy atom. The van der Waals surface area contributed by atoms with Gasteiger partial charge in [0.2, 0.25) is 0 Å². The zero-order valence-electron chi connectivity index (χ0n) is 16.3. The molecule has 1 fully saturated rings. The van der Waals surface area contributed by atoms with Gasteiger partial charge in [-0.1, -0.05) is 31.2 Å². The third-order valence-corrected chi connectivity index (χ3v) is 6.22. The lowest BCUT2D eigenvalue weighted by molar-refractivity contribution is 0.345. The normalized spacial score (nSPS) is 20.9. The first-order chi connectivity index (χ1) is 12.0. The number of thioether (sulfide) groups is 1. The van der Waals surface area contributed by atoms with E-state index in [0.29, 0.717) is 11.3 Å². The predicted octanol–water partition coefficient (Wildman–Crippen LogP) is 3.48. The minimum Gasteiger partial charge on any atom is -0.357 e. The molecule has 4 nitrogen and oxygen atoms in total. The molecule has 1 atom stereocenters. The largest absolute Gasteiger partial charge is 0.357 e. The highest BCUT2D eigenvalue weighted by atomic mass is 32.2. The molecule has 0 amide bonds. The Morgan fingerprint density at radius 2 is 2.08 bits per heavy atom. The van der Waals surface area contributed by atoms with Crippen molar-refractivity contribution >= 4 is 17.7 Å². The number of hydrogen-bond acceptors (Lipinski definition) is 3. The van der Waals surface area contributed by atoms with Gasteiger partial charge in [0.15, 0.2) is 5.96 Å². The summed E-state index contributed by atoms with van der Waals surface area (Å²) in [7, 11) is 2.15. The SMILES string of the molecule is CCNC(=NCc1cccc(CN(C)CC)c1)NCC1(C)CCCS1. The Morgan fingerprint density at radius 3 is 2.76 bits per heavy atom. The van der Waals surface area contributed by atoms with E-state index in [1.165, 1.54) is 29.7 Å². The summed E-state index contributed by atoms with van der Waals surface area (Å²) >= 11 is 2.08. The Kier molecular flexibility index (Phi) is 8.10. The molecular weight excluding hydrogens is 328 g/mol. The molecule has 2 N–H and O–H groups in total. The number of nitrogens with zero attached hydrogens (tertiary/aromatic N) is 2. The van der Waals surface area contributed by atoms with Gasteiger partial charge in [0.1, 0.15) is 0 Å². The second-order valence-corrected chi connectivity index (χ2v) is 8.78. The molecule has 0 aliphatic carbocycles. The molecule has 1 aliphatic rings. The fourth-order valence-electron chi connectivity index (χ4n) is 3.01. The van der Waals surface area contributed by atoms with Crippen LogP contribution in [0.1, 0.15) is 44.7 Å². The smallest absolute Gasteiger partial charge is 0.191 e. The van der Waals surface area contributed by atoms with Gasteiger partial charge in [-0.25, -0.2) is 4.99 Å². The van der Waals surface area contributed by atoms with Crippen molar-refractivity contribution in [3.63, 3.8) is 0 Å². The van der Waals surface area contributed by atoms with Crippen LogP contribution in [-0.4, -0.2) is 48.0 Å². The Hall–Kier alpha value is -1.20. The molecule has 1 aromatic carbocycles. The summed E-state index contributed by atoms with van der Waals surface area (Å²) in [6.07, 6.45) is 2.62. The van der Waals surface area contributed by atoms with Crippen molar-refractivity contribution in [2.75, 3.05) is 32.4 Å². The Bertz CT molecular complexity index is 552. The van der Waals surface area contributed by atoms with E-state index in [9.17, 15) is 0 Å². The summed E-state index contributed by atoms with van der Waals surface area (Å²) in [6.45, 7) is 11.3. The zero-order chi connectivity index (χ0) is 18.1. The van der Waals surface area contributed by atoms with Crippen LogP contribution < -0.4 is 10.6 Å². The van der Waals surface area contributed by atoms with Gasteiger partial charge in [0.25, 0.3) is 0 Å². The summed E-state index contributed by atoms with van der Waals surface area (Å²) in [5, 5.41) is 6.91. The van der Waals surface area contributed by atoms with Crippen LogP contribution in [0.2, 0.25) is 0 Å². The molecule has 1 heterocycles. The van der Waals surface area contributed by atoms with Crippen molar-refractivity contribution in [3.05, 3.63) is 35.4 Å². The van der Waals surface area contributed by atoms with Crippen molar-refractivity contribution < 1.29 is 0 Å². The molecule has 1 unspecified atom stereocenters. The number of aliphatic imine (C=N–C) groups is 1. The van der Waals surface area contributed by atoms with Crippen LogP contribution in [0.5, 0.6) is 0 Å². The van der Waals surface area contributed by atoms with Crippen molar-refractivity contribution in [2.45, 2.75) is 51.4 Å². The first-order valence-corrected chi connectivity index (χ1v) is 10.5. The average Bonchev–Trinajstić information content (AvgIpc) is 3.04. The van der Waals surface area contributed by atoms with Crippen molar-refractivity contribution in [1.82, 2.24) is 15.5 Å². The number of benzene rings is 1. The van der Waals surface area contributed by atoms with Crippen molar-refractivity contribution in [3.8, 4) is 0 Å². The van der Waals surface area contributed by atoms with Crippen LogP contribution in [0.4, 0.5) is 0 Å². The second kappa shape index (κ2) is 10.1. The maximum absolute atomic E-state index is 4.79. The van der Waals surface area contributed by atoms with Gasteiger partial charge >= 0.3 is 0 Å². The van der Waals surface area contributed by atoms with Gasteiger partial charge in [-0.05, 0) is 57.2 Å². The van der Waals surface area contributed by atoms with E-state index in [2.05, 4.69) is 79.4 Å². The fraction of sp³-hybridized carbons (Fsp3) is 0.650. The molecule has 0 spiro atoms. The van der Waals surface area contributed by atoms with Gasteiger partial charge in [0.05, 0.1) is 6.54 Å². The summed E-state index contributed by atoms with van der Waals surface area (Å²) < 4.78 is 0.348. The van der Waals surface area contributed by atoms with Gasteiger partial charge in [0, 0.05) is 24.4 Å². The average molecular weight is 363 g/mol. The van der Waals surface area contributed by atoms with Crippen LogP contribution in [0.25, 0.3) is 0 Å². The minimum absolute atomic E-state index is 0.348. The molecular formula is C20H34N4S. The Labute approximate surface area is 157 Å². The maximum atomic E-state index is 4.79. The van der Waals surface area contributed by atoms with Gasteiger partial charge < -0.3 is 15.5 Å². The second-order valence-electron chi connectivity index (χ2n) is 7.10. The van der Waals surface area contributed by atoms with Gasteiger partial charge in [-0.15, -0.1) is 0 Å². The molecule has 1 aliphatic heterocycles. The highest BCUT2D eigenvalue weighted by molar-refractivity contribution is 8.00. The quantitative estimate of drug-likeness (QED) is 0.549. The van der Waals surface area contributed by atoms with Crippen LogP contribution in [0.3, 0.4) is 0 Å². The van der Waals surface area contributed by atoms with Gasteiger partial charge in [-0.2, -0.15) is 11.8 Å². The van der Waals surface area contributed by atoms with Crippen LogP contribution in [-0.2, 0) is 13.1 Å². The molecule has 5 heteroatoms. The molecule has 0 bridgehead atoms.